The largest absolute Gasteiger partial charge is 0.439 e. The first-order valence-corrected chi connectivity index (χ1v) is 8.56. The van der Waals surface area contributed by atoms with E-state index in [1.807, 2.05) is 36.4 Å². The molecular weight excluding hydrogens is 324 g/mol. The van der Waals surface area contributed by atoms with Crippen LogP contribution >= 0.6 is 11.6 Å². The predicted molar refractivity (Wildman–Crippen MR) is 94.0 cm³/mol. The van der Waals surface area contributed by atoms with Gasteiger partial charge in [0.05, 0.1) is 6.54 Å². The van der Waals surface area contributed by atoms with Crippen molar-refractivity contribution in [3.63, 3.8) is 0 Å². The molecule has 0 bridgehead atoms. The maximum atomic E-state index is 6.04. The Morgan fingerprint density at radius 2 is 1.79 bits per heavy atom. The number of hydrogen-bond donors (Lipinski definition) is 1. The molecular formula is C19H19ClN2O2. The molecule has 2 aromatic carbocycles. The monoisotopic (exact) mass is 342 g/mol. The van der Waals surface area contributed by atoms with E-state index in [0.717, 1.165) is 42.2 Å². The lowest BCUT2D eigenvalue weighted by Gasteiger charge is -2.38. The quantitative estimate of drug-likeness (QED) is 0.769. The van der Waals surface area contributed by atoms with E-state index in [1.54, 1.807) is 0 Å². The van der Waals surface area contributed by atoms with E-state index < -0.39 is 0 Å². The minimum atomic E-state index is -0.135. The Hall–Kier alpha value is -1.88. The molecule has 1 N–H and O–H groups in total. The van der Waals surface area contributed by atoms with Crippen LogP contribution in [0.15, 0.2) is 52.9 Å². The van der Waals surface area contributed by atoms with Crippen LogP contribution in [0.3, 0.4) is 0 Å². The van der Waals surface area contributed by atoms with Gasteiger partial charge in [0.2, 0.25) is 5.89 Å². The molecule has 0 radical (unpaired) electrons. The molecule has 1 saturated heterocycles. The lowest BCUT2D eigenvalue weighted by atomic mass is 9.82. The zero-order chi connectivity index (χ0) is 16.4. The first kappa shape index (κ1) is 15.6. The van der Waals surface area contributed by atoms with Crippen LogP contribution < -0.4 is 5.32 Å². The highest BCUT2D eigenvalue weighted by Crippen LogP contribution is 2.33. The minimum Gasteiger partial charge on any atom is -0.439 e. The Labute approximate surface area is 145 Å². The highest BCUT2D eigenvalue weighted by Gasteiger charge is 2.34. The molecule has 24 heavy (non-hydrogen) atoms. The van der Waals surface area contributed by atoms with E-state index in [2.05, 4.69) is 22.4 Å². The molecule has 1 aromatic heterocycles. The van der Waals surface area contributed by atoms with Gasteiger partial charge in [0.1, 0.15) is 5.52 Å². The van der Waals surface area contributed by atoms with Crippen LogP contribution in [0.1, 0.15) is 24.3 Å². The van der Waals surface area contributed by atoms with Gasteiger partial charge < -0.3 is 9.15 Å². The van der Waals surface area contributed by atoms with Crippen LogP contribution in [0.25, 0.3) is 11.1 Å². The van der Waals surface area contributed by atoms with Crippen molar-refractivity contribution < 1.29 is 9.15 Å². The molecule has 0 saturated carbocycles. The van der Waals surface area contributed by atoms with Gasteiger partial charge in [-0.3, -0.25) is 5.32 Å². The first-order chi connectivity index (χ1) is 11.8. The molecule has 1 aliphatic rings. The smallest absolute Gasteiger partial charge is 0.209 e. The van der Waals surface area contributed by atoms with Crippen LogP contribution in [0.5, 0.6) is 0 Å². The lowest BCUT2D eigenvalue weighted by Crippen LogP contribution is -2.46. The van der Waals surface area contributed by atoms with Crippen LogP contribution in [0.2, 0.25) is 5.02 Å². The second-order valence-corrected chi connectivity index (χ2v) is 6.57. The van der Waals surface area contributed by atoms with E-state index in [9.17, 15) is 0 Å². The van der Waals surface area contributed by atoms with Crippen molar-refractivity contribution >= 4 is 22.7 Å². The molecule has 0 amide bonds. The number of fused-ring (bicyclic) bond motifs is 1. The maximum absolute atomic E-state index is 6.04. The topological polar surface area (TPSA) is 47.3 Å². The zero-order valence-corrected chi connectivity index (χ0v) is 14.1. The fourth-order valence-corrected chi connectivity index (χ4v) is 3.42. The van der Waals surface area contributed by atoms with Crippen LogP contribution in [-0.4, -0.2) is 18.2 Å². The molecule has 4 nitrogen and oxygen atoms in total. The Morgan fingerprint density at radius 3 is 2.54 bits per heavy atom. The number of rotatable bonds is 4. The van der Waals surface area contributed by atoms with Crippen molar-refractivity contribution in [2.45, 2.75) is 24.9 Å². The number of aromatic nitrogens is 1. The summed E-state index contributed by atoms with van der Waals surface area (Å²) in [6.45, 7) is 2.06. The van der Waals surface area contributed by atoms with Gasteiger partial charge >= 0.3 is 0 Å². The minimum absolute atomic E-state index is 0.135. The summed E-state index contributed by atoms with van der Waals surface area (Å²) in [5.41, 5.74) is 2.80. The van der Waals surface area contributed by atoms with E-state index >= 15 is 0 Å². The number of oxazole rings is 1. The number of hydrogen-bond acceptors (Lipinski definition) is 4. The first-order valence-electron chi connectivity index (χ1n) is 8.18. The Kier molecular flexibility index (Phi) is 4.27. The van der Waals surface area contributed by atoms with Gasteiger partial charge in [0, 0.05) is 23.8 Å². The molecule has 0 spiro atoms. The Morgan fingerprint density at radius 1 is 1.04 bits per heavy atom. The molecule has 1 aliphatic heterocycles. The Balaban J connectivity index is 1.58. The maximum Gasteiger partial charge on any atom is 0.209 e. The van der Waals surface area contributed by atoms with Crippen LogP contribution in [-0.2, 0) is 16.8 Å². The summed E-state index contributed by atoms with van der Waals surface area (Å²) in [4.78, 5) is 4.55. The summed E-state index contributed by atoms with van der Waals surface area (Å²) in [6.07, 6.45) is 1.82. The SMILES string of the molecule is Clc1ccc(C2(NCc3nc4ccccc4o3)CCOCC2)cc1. The molecule has 0 atom stereocenters. The number of ether oxygens (including phenoxy) is 1. The molecule has 0 unspecified atom stereocenters. The molecule has 5 heteroatoms. The van der Waals surface area contributed by atoms with Crippen molar-refractivity contribution in [3.8, 4) is 0 Å². The zero-order valence-electron chi connectivity index (χ0n) is 13.3. The van der Waals surface area contributed by atoms with E-state index in [0.29, 0.717) is 12.4 Å². The van der Waals surface area contributed by atoms with Gasteiger partial charge in [-0.15, -0.1) is 0 Å². The van der Waals surface area contributed by atoms with Crippen molar-refractivity contribution in [2.24, 2.45) is 0 Å². The highest BCUT2D eigenvalue weighted by atomic mass is 35.5. The normalized spacial score (nSPS) is 17.2. The summed E-state index contributed by atoms with van der Waals surface area (Å²) in [5.74, 6) is 0.705. The third-order valence-corrected chi connectivity index (χ3v) is 4.91. The summed E-state index contributed by atoms with van der Waals surface area (Å²) in [7, 11) is 0. The Bertz CT molecular complexity index is 790. The van der Waals surface area contributed by atoms with E-state index in [4.69, 9.17) is 20.8 Å². The fraction of sp³-hybridized carbons (Fsp3) is 0.316. The third-order valence-electron chi connectivity index (χ3n) is 4.66. The van der Waals surface area contributed by atoms with Gasteiger partial charge in [-0.25, -0.2) is 4.98 Å². The van der Waals surface area contributed by atoms with Gasteiger partial charge in [0.25, 0.3) is 0 Å². The van der Waals surface area contributed by atoms with E-state index in [1.165, 1.54) is 5.56 Å². The van der Waals surface area contributed by atoms with Crippen molar-refractivity contribution in [1.29, 1.82) is 0 Å². The predicted octanol–water partition coefficient (Wildman–Crippen LogP) is 4.28. The fourth-order valence-electron chi connectivity index (χ4n) is 3.30. The summed E-state index contributed by atoms with van der Waals surface area (Å²) in [6, 6.07) is 15.9. The van der Waals surface area contributed by atoms with Gasteiger partial charge in [-0.05, 0) is 42.7 Å². The second-order valence-electron chi connectivity index (χ2n) is 6.13. The average molecular weight is 343 g/mol. The summed E-state index contributed by atoms with van der Waals surface area (Å²) < 4.78 is 11.4. The molecule has 0 aliphatic carbocycles. The number of nitrogens with zero attached hydrogens (tertiary/aromatic N) is 1. The van der Waals surface area contributed by atoms with Gasteiger partial charge in [0.15, 0.2) is 5.58 Å². The average Bonchev–Trinajstić information content (AvgIpc) is 3.04. The van der Waals surface area contributed by atoms with Crippen molar-refractivity contribution in [1.82, 2.24) is 10.3 Å². The molecule has 4 rings (SSSR count). The standard InChI is InChI=1S/C19H19ClN2O2/c20-15-7-5-14(6-8-15)19(9-11-23-12-10-19)21-13-18-22-16-3-1-2-4-17(16)24-18/h1-8,21H,9-13H2. The van der Waals surface area contributed by atoms with Crippen LogP contribution in [0, 0.1) is 0 Å². The molecule has 124 valence electrons. The number of benzene rings is 2. The summed E-state index contributed by atoms with van der Waals surface area (Å²) >= 11 is 6.04. The van der Waals surface area contributed by atoms with E-state index in [-0.39, 0.29) is 5.54 Å². The molecule has 1 fully saturated rings. The van der Waals surface area contributed by atoms with Gasteiger partial charge in [-0.1, -0.05) is 35.9 Å². The third kappa shape index (κ3) is 3.05. The molecule has 2 heterocycles. The number of para-hydroxylation sites is 2. The van der Waals surface area contributed by atoms with Crippen molar-refractivity contribution in [2.75, 3.05) is 13.2 Å². The number of nitrogens with one attached hydrogen (secondary N) is 1. The summed E-state index contributed by atoms with van der Waals surface area (Å²) in [5, 5.41) is 4.42. The molecule has 3 aromatic rings. The highest BCUT2D eigenvalue weighted by molar-refractivity contribution is 6.30. The number of halogens is 1. The van der Waals surface area contributed by atoms with Gasteiger partial charge in [-0.2, -0.15) is 0 Å². The second kappa shape index (κ2) is 6.55. The van der Waals surface area contributed by atoms with Crippen molar-refractivity contribution in [3.05, 3.63) is 65.0 Å². The lowest BCUT2D eigenvalue weighted by molar-refractivity contribution is 0.0349. The van der Waals surface area contributed by atoms with Crippen LogP contribution in [0.4, 0.5) is 0 Å².